The molecule has 0 aliphatic heterocycles. The smallest absolute Gasteiger partial charge is 0.261 e. The molecule has 0 aromatic heterocycles. The first-order chi connectivity index (χ1) is 15.7. The number of hydrogen-bond donors (Lipinski definition) is 2. The Morgan fingerprint density at radius 3 is 2.06 bits per heavy atom. The topological polar surface area (TPSA) is 93.7 Å². The van der Waals surface area contributed by atoms with Crippen molar-refractivity contribution >= 4 is 21.6 Å². The van der Waals surface area contributed by atoms with E-state index < -0.39 is 16.1 Å². The van der Waals surface area contributed by atoms with Gasteiger partial charge in [0, 0.05) is 11.7 Å². The molecule has 7 nitrogen and oxygen atoms in total. The first-order valence-electron chi connectivity index (χ1n) is 10.6. The van der Waals surface area contributed by atoms with E-state index in [0.717, 1.165) is 5.56 Å². The number of nitrogens with one attached hydrogen (secondary N) is 2. The van der Waals surface area contributed by atoms with Crippen molar-refractivity contribution in [2.24, 2.45) is 0 Å². The Morgan fingerprint density at radius 2 is 1.45 bits per heavy atom. The zero-order valence-corrected chi connectivity index (χ0v) is 19.6. The lowest BCUT2D eigenvalue weighted by atomic mass is 10.2. The first kappa shape index (κ1) is 24.1. The van der Waals surface area contributed by atoms with Crippen LogP contribution in [0.4, 0.5) is 5.69 Å². The molecule has 3 aromatic carbocycles. The minimum Gasteiger partial charge on any atom is -0.489 e. The highest BCUT2D eigenvalue weighted by Gasteiger charge is 2.17. The van der Waals surface area contributed by atoms with Crippen molar-refractivity contribution in [3.05, 3.63) is 84.4 Å². The van der Waals surface area contributed by atoms with Gasteiger partial charge >= 0.3 is 0 Å². The summed E-state index contributed by atoms with van der Waals surface area (Å²) in [6.07, 6.45) is -0.699. The minimum absolute atomic E-state index is 0.00614. The summed E-state index contributed by atoms with van der Waals surface area (Å²) in [6.45, 7) is 5.79. The lowest BCUT2D eigenvalue weighted by Crippen LogP contribution is -2.40. The van der Waals surface area contributed by atoms with E-state index in [0.29, 0.717) is 23.8 Å². The van der Waals surface area contributed by atoms with Crippen LogP contribution in [0.5, 0.6) is 11.5 Å². The van der Waals surface area contributed by atoms with Crippen LogP contribution in [-0.2, 0) is 21.4 Å². The molecule has 0 radical (unpaired) electrons. The Bertz CT molecular complexity index is 1150. The molecule has 0 saturated carbocycles. The third-order valence-corrected chi connectivity index (χ3v) is 6.00. The first-order valence-corrected chi connectivity index (χ1v) is 12.1. The van der Waals surface area contributed by atoms with Gasteiger partial charge in [0.15, 0.2) is 6.10 Å². The van der Waals surface area contributed by atoms with Crippen LogP contribution in [-0.4, -0.2) is 26.5 Å². The number of benzene rings is 3. The van der Waals surface area contributed by atoms with Gasteiger partial charge in [-0.1, -0.05) is 30.3 Å². The van der Waals surface area contributed by atoms with E-state index in [4.69, 9.17) is 9.47 Å². The fraction of sp³-hybridized carbons (Fsp3) is 0.240. The number of ether oxygens (including phenoxy) is 2. The predicted octanol–water partition coefficient (Wildman–Crippen LogP) is 4.36. The second-order valence-corrected chi connectivity index (χ2v) is 9.48. The Balaban J connectivity index is 1.58. The zero-order chi connectivity index (χ0) is 23.8. The summed E-state index contributed by atoms with van der Waals surface area (Å²) in [5.41, 5.74) is 1.46. The van der Waals surface area contributed by atoms with Crippen LogP contribution in [0, 0.1) is 0 Å². The normalized spacial score (nSPS) is 12.1. The molecule has 0 fully saturated rings. The largest absolute Gasteiger partial charge is 0.489 e. The average molecular weight is 469 g/mol. The highest BCUT2D eigenvalue weighted by atomic mass is 32.2. The highest BCUT2D eigenvalue weighted by Crippen LogP contribution is 2.22. The van der Waals surface area contributed by atoms with E-state index in [9.17, 15) is 13.2 Å². The van der Waals surface area contributed by atoms with Gasteiger partial charge in [-0.2, -0.15) is 0 Å². The average Bonchev–Trinajstić information content (AvgIpc) is 2.79. The molecule has 1 amide bonds. The van der Waals surface area contributed by atoms with Crippen LogP contribution in [0.3, 0.4) is 0 Å². The Morgan fingerprint density at radius 1 is 0.848 bits per heavy atom. The van der Waals surface area contributed by atoms with Crippen LogP contribution < -0.4 is 19.5 Å². The quantitative estimate of drug-likeness (QED) is 0.461. The van der Waals surface area contributed by atoms with Gasteiger partial charge in [-0.3, -0.25) is 9.52 Å². The van der Waals surface area contributed by atoms with E-state index in [1.807, 2.05) is 44.2 Å². The molecule has 0 heterocycles. The molecule has 33 heavy (non-hydrogen) atoms. The van der Waals surface area contributed by atoms with E-state index in [-0.39, 0.29) is 16.8 Å². The van der Waals surface area contributed by atoms with Crippen molar-refractivity contribution in [2.45, 2.75) is 44.4 Å². The van der Waals surface area contributed by atoms with Crippen LogP contribution >= 0.6 is 0 Å². The number of carbonyl (C=O) groups is 1. The summed E-state index contributed by atoms with van der Waals surface area (Å²) in [5, 5.41) is 2.77. The van der Waals surface area contributed by atoms with E-state index in [1.165, 1.54) is 24.3 Å². The summed E-state index contributed by atoms with van der Waals surface area (Å²) in [4.78, 5) is 12.1. The SMILES string of the molecule is CC(C)NC(=O)[C@@H](C)Oc1ccc(S(=O)(=O)Nc2ccc(OCc3ccccc3)cc2)cc1. The standard InChI is InChI=1S/C25H28N2O5S/c1-18(2)26-25(28)19(3)32-23-13-15-24(16-14-23)33(29,30)27-21-9-11-22(12-10-21)31-17-20-7-5-4-6-8-20/h4-16,18-19,27H,17H2,1-3H3,(H,26,28)/t19-/m1/s1. The van der Waals surface area contributed by atoms with Gasteiger partial charge < -0.3 is 14.8 Å². The van der Waals surface area contributed by atoms with Gasteiger partial charge in [0.2, 0.25) is 0 Å². The Hall–Kier alpha value is -3.52. The van der Waals surface area contributed by atoms with Crippen LogP contribution in [0.25, 0.3) is 0 Å². The summed E-state index contributed by atoms with van der Waals surface area (Å²) in [6, 6.07) is 22.4. The lowest BCUT2D eigenvalue weighted by molar-refractivity contribution is -0.127. The second kappa shape index (κ2) is 10.9. The van der Waals surface area contributed by atoms with Gasteiger partial charge in [0.05, 0.1) is 4.90 Å². The number of hydrogen-bond acceptors (Lipinski definition) is 5. The number of rotatable bonds is 10. The van der Waals surface area contributed by atoms with Gasteiger partial charge in [-0.25, -0.2) is 8.42 Å². The van der Waals surface area contributed by atoms with Crippen molar-refractivity contribution in [3.8, 4) is 11.5 Å². The fourth-order valence-electron chi connectivity index (χ4n) is 2.93. The number of anilines is 1. The zero-order valence-electron chi connectivity index (χ0n) is 18.8. The monoisotopic (exact) mass is 468 g/mol. The van der Waals surface area contributed by atoms with Crippen LogP contribution in [0.2, 0.25) is 0 Å². The van der Waals surface area contributed by atoms with E-state index >= 15 is 0 Å². The van der Waals surface area contributed by atoms with Gasteiger partial charge in [-0.05, 0) is 74.9 Å². The van der Waals surface area contributed by atoms with Gasteiger partial charge in [0.25, 0.3) is 15.9 Å². The third-order valence-electron chi connectivity index (χ3n) is 4.60. The minimum atomic E-state index is -3.78. The Kier molecular flexibility index (Phi) is 7.95. The van der Waals surface area contributed by atoms with E-state index in [1.54, 1.807) is 31.2 Å². The summed E-state index contributed by atoms with van der Waals surface area (Å²) in [7, 11) is -3.78. The van der Waals surface area contributed by atoms with Crippen molar-refractivity contribution < 1.29 is 22.7 Å². The second-order valence-electron chi connectivity index (χ2n) is 7.80. The van der Waals surface area contributed by atoms with Gasteiger partial charge in [0.1, 0.15) is 18.1 Å². The molecule has 0 bridgehead atoms. The molecule has 1 atom stereocenters. The lowest BCUT2D eigenvalue weighted by Gasteiger charge is -2.16. The van der Waals surface area contributed by atoms with Crippen molar-refractivity contribution in [3.63, 3.8) is 0 Å². The van der Waals surface area contributed by atoms with Gasteiger partial charge in [-0.15, -0.1) is 0 Å². The Labute approximate surface area is 194 Å². The van der Waals surface area contributed by atoms with Crippen molar-refractivity contribution in [1.29, 1.82) is 0 Å². The maximum atomic E-state index is 12.7. The maximum Gasteiger partial charge on any atom is 0.261 e. The molecule has 8 heteroatoms. The third kappa shape index (κ3) is 7.25. The molecule has 0 saturated heterocycles. The van der Waals surface area contributed by atoms with Crippen molar-refractivity contribution in [2.75, 3.05) is 4.72 Å². The molecule has 3 aromatic rings. The molecule has 174 valence electrons. The van der Waals surface area contributed by atoms with Crippen LogP contribution in [0.15, 0.2) is 83.8 Å². The molecule has 3 rings (SSSR count). The molecule has 0 unspecified atom stereocenters. The maximum absolute atomic E-state index is 12.7. The molecule has 0 spiro atoms. The van der Waals surface area contributed by atoms with Crippen LogP contribution in [0.1, 0.15) is 26.3 Å². The summed E-state index contributed by atoms with van der Waals surface area (Å²) < 4.78 is 39.3. The fourth-order valence-corrected chi connectivity index (χ4v) is 3.99. The summed E-state index contributed by atoms with van der Waals surface area (Å²) >= 11 is 0. The molecule has 0 aliphatic carbocycles. The molecular formula is C25H28N2O5S. The molecule has 2 N–H and O–H groups in total. The number of amides is 1. The number of carbonyl (C=O) groups excluding carboxylic acids is 1. The summed E-state index contributed by atoms with van der Waals surface area (Å²) in [5.74, 6) is 0.804. The molecular weight excluding hydrogens is 440 g/mol. The number of sulfonamides is 1. The predicted molar refractivity (Wildman–Crippen MR) is 128 cm³/mol. The highest BCUT2D eigenvalue weighted by molar-refractivity contribution is 7.92. The van der Waals surface area contributed by atoms with E-state index in [2.05, 4.69) is 10.0 Å². The van der Waals surface area contributed by atoms with Crippen molar-refractivity contribution in [1.82, 2.24) is 5.32 Å². The molecule has 0 aliphatic rings.